The highest BCUT2D eigenvalue weighted by Crippen LogP contribution is 2.45. The van der Waals surface area contributed by atoms with Crippen molar-refractivity contribution >= 4 is 56.5 Å². The van der Waals surface area contributed by atoms with Gasteiger partial charge in [-0.3, -0.25) is 14.5 Å². The van der Waals surface area contributed by atoms with E-state index in [-0.39, 0.29) is 22.6 Å². The van der Waals surface area contributed by atoms with Gasteiger partial charge < -0.3 is 14.6 Å². The normalized spacial score (nSPS) is 18.0. The van der Waals surface area contributed by atoms with Crippen LogP contribution in [0.1, 0.15) is 40.8 Å². The molecule has 1 fully saturated rings. The van der Waals surface area contributed by atoms with Crippen molar-refractivity contribution in [3.63, 3.8) is 0 Å². The number of aliphatic hydroxyl groups is 1. The van der Waals surface area contributed by atoms with Crippen LogP contribution in [0.25, 0.3) is 16.5 Å². The second-order valence-corrected chi connectivity index (χ2v) is 14.4. The number of ketones is 1. The Bertz CT molecular complexity index is 2280. The molecule has 1 saturated heterocycles. The maximum atomic E-state index is 13.9. The number of hydrogen-bond donors (Lipinski definition) is 1. The molecule has 10 heteroatoms. The smallest absolute Gasteiger partial charge is 0.301 e. The summed E-state index contributed by atoms with van der Waals surface area (Å²) in [6.07, 6.45) is 0.690. The van der Waals surface area contributed by atoms with E-state index < -0.39 is 17.7 Å². The van der Waals surface area contributed by atoms with E-state index in [9.17, 15) is 14.7 Å². The summed E-state index contributed by atoms with van der Waals surface area (Å²) in [7, 11) is 0. The van der Waals surface area contributed by atoms with Crippen molar-refractivity contribution in [1.82, 2.24) is 10.2 Å². The number of rotatable bonds is 9. The van der Waals surface area contributed by atoms with Crippen molar-refractivity contribution in [2.24, 2.45) is 0 Å². The fourth-order valence-electron chi connectivity index (χ4n) is 6.50. The first-order valence-corrected chi connectivity index (χ1v) is 18.0. The Labute approximate surface area is 297 Å². The highest BCUT2D eigenvalue weighted by molar-refractivity contribution is 8.00. The Kier molecular flexibility index (Phi) is 8.56. The molecule has 8 rings (SSSR count). The molecule has 0 unspecified atom stereocenters. The van der Waals surface area contributed by atoms with E-state index in [0.717, 1.165) is 27.8 Å². The van der Waals surface area contributed by atoms with Crippen LogP contribution in [-0.2, 0) is 28.4 Å². The van der Waals surface area contributed by atoms with Gasteiger partial charge in [0, 0.05) is 17.7 Å². The van der Waals surface area contributed by atoms with E-state index in [2.05, 4.69) is 34.5 Å². The van der Waals surface area contributed by atoms with Gasteiger partial charge in [-0.05, 0) is 70.3 Å². The molecule has 1 amide bonds. The Morgan fingerprint density at radius 2 is 1.74 bits per heavy atom. The van der Waals surface area contributed by atoms with E-state index in [1.807, 2.05) is 79.7 Å². The van der Waals surface area contributed by atoms with Gasteiger partial charge in [-0.15, -0.1) is 10.2 Å². The third-order valence-electron chi connectivity index (χ3n) is 8.87. The van der Waals surface area contributed by atoms with Gasteiger partial charge in [0.25, 0.3) is 5.78 Å². The van der Waals surface area contributed by atoms with Gasteiger partial charge in [0.15, 0.2) is 4.34 Å². The molecule has 2 aliphatic heterocycles. The molecule has 3 heterocycles. The molecule has 2 aliphatic rings. The number of nitrogens with zero attached hydrogens (tertiary/aromatic N) is 3. The zero-order valence-corrected chi connectivity index (χ0v) is 28.6. The number of aliphatic hydroxyl groups excluding tert-OH is 1. The first kappa shape index (κ1) is 31.8. The molecule has 8 nitrogen and oxygen atoms in total. The number of carbonyl (C=O) groups excluding carboxylic acids is 2. The molecular weight excluding hydrogens is 667 g/mol. The molecule has 248 valence electrons. The second kappa shape index (κ2) is 13.5. The number of fused-ring (bicyclic) bond motifs is 2. The summed E-state index contributed by atoms with van der Waals surface area (Å²) in [5.74, 6) is 0.116. The van der Waals surface area contributed by atoms with Gasteiger partial charge in [-0.25, -0.2) is 0 Å². The van der Waals surface area contributed by atoms with Crippen molar-refractivity contribution in [3.8, 4) is 11.5 Å². The van der Waals surface area contributed by atoms with Crippen LogP contribution in [-0.4, -0.2) is 33.1 Å². The molecule has 1 aromatic heterocycles. The van der Waals surface area contributed by atoms with Crippen molar-refractivity contribution in [2.75, 3.05) is 4.90 Å². The monoisotopic (exact) mass is 697 g/mol. The second-order valence-electron chi connectivity index (χ2n) is 12.2. The van der Waals surface area contributed by atoms with Crippen LogP contribution in [0.15, 0.2) is 125 Å². The lowest BCUT2D eigenvalue weighted by Crippen LogP contribution is -2.29. The molecule has 1 N–H and O–H groups in total. The first-order valence-electron chi connectivity index (χ1n) is 16.2. The van der Waals surface area contributed by atoms with Crippen LogP contribution in [0.5, 0.6) is 11.5 Å². The van der Waals surface area contributed by atoms with E-state index in [1.54, 1.807) is 18.2 Å². The number of ether oxygens (including phenoxy) is 2. The Balaban J connectivity index is 1.15. The summed E-state index contributed by atoms with van der Waals surface area (Å²) >= 11 is 2.76. The lowest BCUT2D eigenvalue weighted by molar-refractivity contribution is -0.132. The predicted molar refractivity (Wildman–Crippen MR) is 196 cm³/mol. The summed E-state index contributed by atoms with van der Waals surface area (Å²) < 4.78 is 12.6. The number of anilines is 1. The van der Waals surface area contributed by atoms with Crippen LogP contribution in [0.2, 0.25) is 0 Å². The van der Waals surface area contributed by atoms with E-state index >= 15 is 0 Å². The number of Topliss-reactive ketones (excluding diaryl/α,β-unsaturated/α-hetero) is 1. The minimum Gasteiger partial charge on any atom is -0.507 e. The SMILES string of the molecule is C[C@@H]1Cc2cc(/C(O)=C3\C(=O)C(=O)N(c4nnc(SCc5cccc6ccccc56)s4)[C@@H]3c3cccc(OCc4ccccc4)c3)ccc2O1. The molecule has 50 heavy (non-hydrogen) atoms. The van der Waals surface area contributed by atoms with Crippen LogP contribution in [0.3, 0.4) is 0 Å². The quantitative estimate of drug-likeness (QED) is 0.0528. The van der Waals surface area contributed by atoms with Crippen molar-refractivity contribution in [1.29, 1.82) is 0 Å². The minimum absolute atomic E-state index is 0.0108. The highest BCUT2D eigenvalue weighted by Gasteiger charge is 2.48. The van der Waals surface area contributed by atoms with Crippen LogP contribution >= 0.6 is 23.1 Å². The van der Waals surface area contributed by atoms with Gasteiger partial charge >= 0.3 is 5.91 Å². The number of hydrogen-bond acceptors (Lipinski definition) is 9. The average molecular weight is 698 g/mol. The number of carbonyl (C=O) groups is 2. The molecule has 6 aromatic rings. The van der Waals surface area contributed by atoms with Gasteiger partial charge in [0.05, 0.1) is 11.6 Å². The lowest BCUT2D eigenvalue weighted by atomic mass is 9.94. The fraction of sp³-hybridized carbons (Fsp3) is 0.150. The Morgan fingerprint density at radius 1 is 0.940 bits per heavy atom. The molecule has 0 radical (unpaired) electrons. The zero-order chi connectivity index (χ0) is 34.2. The molecule has 2 atom stereocenters. The molecule has 5 aromatic carbocycles. The summed E-state index contributed by atoms with van der Waals surface area (Å²) in [6, 6.07) is 35.9. The van der Waals surface area contributed by atoms with Crippen LogP contribution < -0.4 is 14.4 Å². The topological polar surface area (TPSA) is 102 Å². The number of thioether (sulfide) groups is 1. The maximum absolute atomic E-state index is 13.9. The minimum atomic E-state index is -0.970. The average Bonchev–Trinajstić information content (AvgIpc) is 3.84. The van der Waals surface area contributed by atoms with Crippen LogP contribution in [0, 0.1) is 0 Å². The summed E-state index contributed by atoms with van der Waals surface area (Å²) in [5, 5.41) is 23.2. The lowest BCUT2D eigenvalue weighted by Gasteiger charge is -2.23. The molecule has 0 bridgehead atoms. The fourth-order valence-corrected chi connectivity index (χ4v) is 8.37. The van der Waals surface area contributed by atoms with E-state index in [4.69, 9.17) is 9.47 Å². The van der Waals surface area contributed by atoms with Crippen molar-refractivity contribution < 1.29 is 24.2 Å². The summed E-state index contributed by atoms with van der Waals surface area (Å²) in [6.45, 7) is 2.32. The maximum Gasteiger partial charge on any atom is 0.301 e. The van der Waals surface area contributed by atoms with Crippen molar-refractivity contribution in [3.05, 3.63) is 149 Å². The van der Waals surface area contributed by atoms with E-state index in [0.29, 0.717) is 40.0 Å². The van der Waals surface area contributed by atoms with Gasteiger partial charge in [0.2, 0.25) is 5.13 Å². The third-order valence-corrected chi connectivity index (χ3v) is 11.0. The van der Waals surface area contributed by atoms with Crippen molar-refractivity contribution in [2.45, 2.75) is 42.2 Å². The molecule has 0 spiro atoms. The largest absolute Gasteiger partial charge is 0.507 e. The third kappa shape index (κ3) is 6.12. The first-order chi connectivity index (χ1) is 24.4. The number of benzene rings is 5. The zero-order valence-electron chi connectivity index (χ0n) is 27.0. The Morgan fingerprint density at radius 3 is 2.62 bits per heavy atom. The van der Waals surface area contributed by atoms with Crippen LogP contribution in [0.4, 0.5) is 5.13 Å². The number of amides is 1. The molecular formula is C40H31N3O5S2. The van der Waals surface area contributed by atoms with E-state index in [1.165, 1.54) is 33.4 Å². The molecule has 0 saturated carbocycles. The highest BCUT2D eigenvalue weighted by atomic mass is 32.2. The predicted octanol–water partition coefficient (Wildman–Crippen LogP) is 8.51. The van der Waals surface area contributed by atoms with Gasteiger partial charge in [-0.2, -0.15) is 0 Å². The van der Waals surface area contributed by atoms with Gasteiger partial charge in [-0.1, -0.05) is 108 Å². The molecule has 0 aliphatic carbocycles. The standard InChI is InChI=1S/C40H31N3O5S2/c1-24-19-30-20-28(17-18-33(30)48-24)36(44)34-35(27-13-8-15-31(21-27)47-22-25-9-3-2-4-10-25)43(38(46)37(34)45)39-41-42-40(50-39)49-23-29-14-7-12-26-11-5-6-16-32(26)29/h2-18,20-21,24,35,44H,19,22-23H2,1H3/b36-34+/t24-,35-/m1/s1. The summed E-state index contributed by atoms with van der Waals surface area (Å²) in [4.78, 5) is 29.2. The summed E-state index contributed by atoms with van der Waals surface area (Å²) in [5.41, 5.74) is 4.09. The van der Waals surface area contributed by atoms with Gasteiger partial charge in [0.1, 0.15) is 30.0 Å². The Hall–Kier alpha value is -5.45. The number of aromatic nitrogens is 2.